The lowest BCUT2D eigenvalue weighted by molar-refractivity contribution is -0.137. The van der Waals surface area contributed by atoms with Crippen LogP contribution in [-0.4, -0.2) is 26.6 Å². The number of amides is 1. The van der Waals surface area contributed by atoms with Crippen molar-refractivity contribution in [3.8, 4) is 0 Å². The summed E-state index contributed by atoms with van der Waals surface area (Å²) in [5.74, 6) is -0.753. The van der Waals surface area contributed by atoms with E-state index in [9.17, 15) is 26.4 Å². The van der Waals surface area contributed by atoms with Crippen molar-refractivity contribution < 1.29 is 26.4 Å². The number of nitrogens with one attached hydrogen (secondary N) is 1. The average Bonchev–Trinajstić information content (AvgIpc) is 2.61. The van der Waals surface area contributed by atoms with Gasteiger partial charge >= 0.3 is 6.18 Å². The molecule has 0 spiro atoms. The first-order valence-electron chi connectivity index (χ1n) is 9.00. The summed E-state index contributed by atoms with van der Waals surface area (Å²) in [5.41, 5.74) is 0.858. The van der Waals surface area contributed by atoms with E-state index in [1.165, 1.54) is 6.07 Å². The van der Waals surface area contributed by atoms with Crippen LogP contribution in [0.5, 0.6) is 0 Å². The lowest BCUT2D eigenvalue weighted by atomic mass is 10.1. The molecule has 1 amide bonds. The predicted octanol–water partition coefficient (Wildman–Crippen LogP) is 5.16. The van der Waals surface area contributed by atoms with Crippen molar-refractivity contribution in [2.45, 2.75) is 39.4 Å². The van der Waals surface area contributed by atoms with E-state index >= 15 is 0 Å². The van der Waals surface area contributed by atoms with E-state index in [4.69, 9.17) is 11.6 Å². The van der Waals surface area contributed by atoms with Crippen molar-refractivity contribution in [2.24, 2.45) is 0 Å². The van der Waals surface area contributed by atoms with Gasteiger partial charge in [-0.15, -0.1) is 0 Å². The highest BCUT2D eigenvalue weighted by Gasteiger charge is 2.35. The number of sulfonamides is 1. The molecule has 0 saturated carbocycles. The summed E-state index contributed by atoms with van der Waals surface area (Å²) in [6.45, 7) is 5.30. The van der Waals surface area contributed by atoms with Crippen molar-refractivity contribution >= 4 is 38.9 Å². The molecule has 0 radical (unpaired) electrons. The number of anilines is 2. The van der Waals surface area contributed by atoms with Crippen LogP contribution in [0, 0.1) is 13.8 Å². The molecule has 164 valence electrons. The largest absolute Gasteiger partial charge is 0.417 e. The number of alkyl halides is 3. The Labute approximate surface area is 178 Å². The Bertz CT molecular complexity index is 1060. The van der Waals surface area contributed by atoms with Gasteiger partial charge in [-0.2, -0.15) is 13.2 Å². The summed E-state index contributed by atoms with van der Waals surface area (Å²) < 4.78 is 65.2. The summed E-state index contributed by atoms with van der Waals surface area (Å²) >= 11 is 5.60. The smallest absolute Gasteiger partial charge is 0.324 e. The fourth-order valence-corrected chi connectivity index (χ4v) is 4.40. The second-order valence-electron chi connectivity index (χ2n) is 6.93. The maximum absolute atomic E-state index is 13.1. The van der Waals surface area contributed by atoms with Gasteiger partial charge < -0.3 is 5.32 Å². The van der Waals surface area contributed by atoms with E-state index in [2.05, 4.69) is 5.32 Å². The molecule has 0 aromatic heterocycles. The van der Waals surface area contributed by atoms with E-state index in [0.29, 0.717) is 11.8 Å². The molecule has 1 N–H and O–H groups in total. The van der Waals surface area contributed by atoms with Gasteiger partial charge in [-0.1, -0.05) is 24.6 Å². The maximum atomic E-state index is 13.1. The van der Waals surface area contributed by atoms with Gasteiger partial charge in [-0.05, 0) is 61.7 Å². The van der Waals surface area contributed by atoms with Crippen LogP contribution in [0.25, 0.3) is 0 Å². The third-order valence-corrected chi connectivity index (χ3v) is 6.12. The van der Waals surface area contributed by atoms with Crippen molar-refractivity contribution in [1.82, 2.24) is 0 Å². The van der Waals surface area contributed by atoms with E-state index in [1.807, 2.05) is 13.8 Å². The Kier molecular flexibility index (Phi) is 7.08. The Morgan fingerprint density at radius 2 is 1.77 bits per heavy atom. The van der Waals surface area contributed by atoms with E-state index in [-0.39, 0.29) is 12.1 Å². The molecule has 1 atom stereocenters. The first-order chi connectivity index (χ1) is 13.8. The van der Waals surface area contributed by atoms with Crippen LogP contribution in [0.3, 0.4) is 0 Å². The highest BCUT2D eigenvalue weighted by atomic mass is 35.5. The Balaban J connectivity index is 2.43. The molecule has 0 unspecified atom stereocenters. The summed E-state index contributed by atoms with van der Waals surface area (Å²) in [4.78, 5) is 12.9. The van der Waals surface area contributed by atoms with Gasteiger partial charge in [0.1, 0.15) is 6.04 Å². The Hall–Kier alpha value is -2.26. The summed E-state index contributed by atoms with van der Waals surface area (Å²) in [6.07, 6.45) is -3.62. The number of hydrogen-bond donors (Lipinski definition) is 1. The zero-order chi connectivity index (χ0) is 22.9. The summed E-state index contributed by atoms with van der Waals surface area (Å²) in [5, 5.41) is 1.88. The second kappa shape index (κ2) is 8.85. The highest BCUT2D eigenvalue weighted by Crippen LogP contribution is 2.36. The minimum Gasteiger partial charge on any atom is -0.324 e. The first-order valence-corrected chi connectivity index (χ1v) is 11.2. The fourth-order valence-electron chi connectivity index (χ4n) is 2.97. The third-order valence-electron chi connectivity index (χ3n) is 4.61. The van der Waals surface area contributed by atoms with Gasteiger partial charge in [0.05, 0.1) is 22.5 Å². The molecular weight excluding hydrogens is 441 g/mol. The zero-order valence-electron chi connectivity index (χ0n) is 16.8. The average molecular weight is 463 g/mol. The van der Waals surface area contributed by atoms with Gasteiger partial charge in [0.2, 0.25) is 15.9 Å². The monoisotopic (exact) mass is 462 g/mol. The van der Waals surface area contributed by atoms with Crippen LogP contribution in [0.15, 0.2) is 36.4 Å². The number of carbonyl (C=O) groups excluding carboxylic acids is 1. The second-order valence-corrected chi connectivity index (χ2v) is 9.20. The highest BCUT2D eigenvalue weighted by molar-refractivity contribution is 7.92. The molecule has 2 aromatic rings. The normalized spacial score (nSPS) is 13.1. The minimum atomic E-state index is -4.69. The SMILES string of the molecule is CC[C@@H](C(=O)Nc1ccc(Cl)c(C(F)(F)F)c1)N(c1ccc(C)c(C)c1)S(C)(=O)=O. The molecular formula is C20H22ClF3N2O3S. The van der Waals surface area contributed by atoms with Gasteiger partial charge in [0.25, 0.3) is 0 Å². The molecule has 0 aliphatic carbocycles. The van der Waals surface area contributed by atoms with Crippen LogP contribution < -0.4 is 9.62 Å². The first kappa shape index (κ1) is 24.0. The molecule has 30 heavy (non-hydrogen) atoms. The van der Waals surface area contributed by atoms with E-state index in [0.717, 1.165) is 27.8 Å². The molecule has 0 fully saturated rings. The minimum absolute atomic E-state index is 0.103. The van der Waals surface area contributed by atoms with E-state index < -0.39 is 38.7 Å². The van der Waals surface area contributed by atoms with Crippen LogP contribution in [0.4, 0.5) is 24.5 Å². The summed E-state index contributed by atoms with van der Waals surface area (Å²) in [7, 11) is -3.86. The molecule has 0 bridgehead atoms. The van der Waals surface area contributed by atoms with E-state index in [1.54, 1.807) is 25.1 Å². The standard InChI is InChI=1S/C20H22ClF3N2O3S/c1-5-18(26(30(4,28)29)15-8-6-12(2)13(3)10-15)19(27)25-14-7-9-17(21)16(11-14)20(22,23)24/h6-11,18H,5H2,1-4H3,(H,25,27)/t18-/m0/s1. The number of benzene rings is 2. The molecule has 2 rings (SSSR count). The molecule has 5 nitrogen and oxygen atoms in total. The van der Waals surface area contributed by atoms with Gasteiger partial charge in [-0.3, -0.25) is 9.10 Å². The van der Waals surface area contributed by atoms with Crippen molar-refractivity contribution in [2.75, 3.05) is 15.9 Å². The maximum Gasteiger partial charge on any atom is 0.417 e. The molecule has 0 saturated heterocycles. The quantitative estimate of drug-likeness (QED) is 0.644. The third kappa shape index (κ3) is 5.46. The number of carbonyl (C=O) groups is 1. The zero-order valence-corrected chi connectivity index (χ0v) is 18.4. The van der Waals surface area contributed by atoms with Gasteiger partial charge in [0.15, 0.2) is 0 Å². The Morgan fingerprint density at radius 3 is 2.27 bits per heavy atom. The van der Waals surface area contributed by atoms with Crippen LogP contribution in [0.2, 0.25) is 5.02 Å². The molecule has 2 aromatic carbocycles. The van der Waals surface area contributed by atoms with Crippen molar-refractivity contribution in [1.29, 1.82) is 0 Å². The lowest BCUT2D eigenvalue weighted by Crippen LogP contribution is -2.47. The molecule has 0 heterocycles. The summed E-state index contributed by atoms with van der Waals surface area (Å²) in [6, 6.07) is 6.78. The number of nitrogens with zero attached hydrogens (tertiary/aromatic N) is 1. The van der Waals surface area contributed by atoms with Crippen LogP contribution in [0.1, 0.15) is 30.0 Å². The van der Waals surface area contributed by atoms with Crippen molar-refractivity contribution in [3.63, 3.8) is 0 Å². The fraction of sp³-hybridized carbons (Fsp3) is 0.350. The van der Waals surface area contributed by atoms with Gasteiger partial charge in [0, 0.05) is 5.69 Å². The van der Waals surface area contributed by atoms with Crippen LogP contribution >= 0.6 is 11.6 Å². The number of hydrogen-bond acceptors (Lipinski definition) is 3. The predicted molar refractivity (Wildman–Crippen MR) is 112 cm³/mol. The number of halogens is 4. The Morgan fingerprint density at radius 1 is 1.13 bits per heavy atom. The lowest BCUT2D eigenvalue weighted by Gasteiger charge is -2.30. The molecule has 10 heteroatoms. The number of rotatable bonds is 6. The molecule has 0 aliphatic rings. The topological polar surface area (TPSA) is 66.5 Å². The number of aryl methyl sites for hydroxylation is 2. The molecule has 0 aliphatic heterocycles. The van der Waals surface area contributed by atoms with Gasteiger partial charge in [-0.25, -0.2) is 8.42 Å². The van der Waals surface area contributed by atoms with Crippen molar-refractivity contribution in [3.05, 3.63) is 58.1 Å². The van der Waals surface area contributed by atoms with Crippen LogP contribution in [-0.2, 0) is 21.0 Å².